The lowest BCUT2D eigenvalue weighted by Gasteiger charge is -2.33. The third-order valence-corrected chi connectivity index (χ3v) is 7.02. The van der Waals surface area contributed by atoms with E-state index in [2.05, 4.69) is 4.98 Å². The summed E-state index contributed by atoms with van der Waals surface area (Å²) in [6, 6.07) is 4.86. The van der Waals surface area contributed by atoms with E-state index in [1.54, 1.807) is 16.5 Å². The summed E-state index contributed by atoms with van der Waals surface area (Å²) in [7, 11) is -3.82. The summed E-state index contributed by atoms with van der Waals surface area (Å²) in [5, 5.41) is 13.2. The average molecular weight is 411 g/mol. The normalized spacial score (nSPS) is 16.1. The van der Waals surface area contributed by atoms with E-state index in [1.807, 2.05) is 0 Å². The van der Waals surface area contributed by atoms with Crippen molar-refractivity contribution in [3.63, 3.8) is 0 Å². The number of aromatic nitrogens is 2. The molecule has 12 heteroatoms. The minimum Gasteiger partial charge on any atom is -0.358 e. The summed E-state index contributed by atoms with van der Waals surface area (Å²) in [5.41, 5.74) is 0. The molecule has 1 saturated heterocycles. The van der Waals surface area contributed by atoms with Crippen molar-refractivity contribution in [2.75, 3.05) is 31.1 Å². The number of halogens is 1. The topological polar surface area (TPSA) is 101 Å². The molecule has 0 saturated carbocycles. The van der Waals surface area contributed by atoms with Crippen LogP contribution in [0.25, 0.3) is 4.96 Å². The zero-order valence-electron chi connectivity index (χ0n) is 13.9. The molecule has 3 heterocycles. The van der Waals surface area contributed by atoms with Gasteiger partial charge in [0.2, 0.25) is 15.8 Å². The van der Waals surface area contributed by atoms with Crippen LogP contribution in [0.1, 0.15) is 0 Å². The maximum Gasteiger partial charge on any atom is 0.373 e. The van der Waals surface area contributed by atoms with Crippen molar-refractivity contribution < 1.29 is 17.7 Å². The number of rotatable bonds is 4. The molecule has 0 unspecified atom stereocenters. The van der Waals surface area contributed by atoms with Crippen molar-refractivity contribution in [3.05, 3.63) is 51.8 Å². The number of hydrogen-bond donors (Lipinski definition) is 0. The summed E-state index contributed by atoms with van der Waals surface area (Å²) < 4.78 is 41.4. The van der Waals surface area contributed by atoms with Gasteiger partial charge in [-0.05, 0) is 23.1 Å². The van der Waals surface area contributed by atoms with Crippen LogP contribution in [0.5, 0.6) is 0 Å². The van der Waals surface area contributed by atoms with Crippen LogP contribution in [-0.4, -0.2) is 53.2 Å². The minimum atomic E-state index is -3.82. The molecule has 9 nitrogen and oxygen atoms in total. The summed E-state index contributed by atoms with van der Waals surface area (Å²) in [5.74, 6) is -0.522. The average Bonchev–Trinajstić information content (AvgIpc) is 3.22. The van der Waals surface area contributed by atoms with E-state index in [1.165, 1.54) is 38.2 Å². The van der Waals surface area contributed by atoms with Gasteiger partial charge in [0, 0.05) is 31.6 Å². The third-order valence-electron chi connectivity index (χ3n) is 4.36. The van der Waals surface area contributed by atoms with Crippen LogP contribution in [0.2, 0.25) is 0 Å². The minimum absolute atomic E-state index is 0.107. The second-order valence-electron chi connectivity index (χ2n) is 5.92. The fraction of sp³-hybridized carbons (Fsp3) is 0.267. The highest BCUT2D eigenvalue weighted by Gasteiger charge is 2.33. The van der Waals surface area contributed by atoms with Gasteiger partial charge in [0.1, 0.15) is 12.0 Å². The molecule has 2 aromatic heterocycles. The summed E-state index contributed by atoms with van der Waals surface area (Å²) in [6.45, 7) is 0.753. The van der Waals surface area contributed by atoms with Gasteiger partial charge in [0.05, 0.1) is 4.90 Å². The Morgan fingerprint density at radius 1 is 1.22 bits per heavy atom. The highest BCUT2D eigenvalue weighted by atomic mass is 32.2. The van der Waals surface area contributed by atoms with Crippen LogP contribution in [0, 0.1) is 15.9 Å². The van der Waals surface area contributed by atoms with Crippen LogP contribution >= 0.6 is 11.3 Å². The highest BCUT2D eigenvalue weighted by molar-refractivity contribution is 7.89. The summed E-state index contributed by atoms with van der Waals surface area (Å²) in [4.78, 5) is 17.4. The number of nitro groups is 1. The number of hydrogen-bond acceptors (Lipinski definition) is 7. The number of thiazole rings is 1. The molecule has 27 heavy (non-hydrogen) atoms. The molecule has 0 N–H and O–H groups in total. The lowest BCUT2D eigenvalue weighted by atomic mass is 10.3. The van der Waals surface area contributed by atoms with Crippen LogP contribution in [-0.2, 0) is 10.0 Å². The molecule has 3 aromatic rings. The Hall–Kier alpha value is -2.57. The molecule has 0 radical (unpaired) electrons. The smallest absolute Gasteiger partial charge is 0.358 e. The van der Waals surface area contributed by atoms with Gasteiger partial charge in [-0.1, -0.05) is 17.4 Å². The molecule has 0 bridgehead atoms. The Bertz CT molecular complexity index is 1120. The van der Waals surface area contributed by atoms with Gasteiger partial charge < -0.3 is 15.0 Å². The first-order valence-electron chi connectivity index (χ1n) is 7.98. The number of piperazine rings is 1. The van der Waals surface area contributed by atoms with Crippen LogP contribution in [0.3, 0.4) is 0 Å². The van der Waals surface area contributed by atoms with Crippen molar-refractivity contribution in [1.29, 1.82) is 0 Å². The van der Waals surface area contributed by atoms with E-state index in [4.69, 9.17) is 0 Å². The molecule has 1 aromatic carbocycles. The molecule has 4 rings (SSSR count). The van der Waals surface area contributed by atoms with E-state index in [0.717, 1.165) is 6.07 Å². The number of fused-ring (bicyclic) bond motifs is 1. The molecular formula is C15H14FN5O4S2. The number of nitrogens with zero attached hydrogens (tertiary/aromatic N) is 5. The number of imidazole rings is 1. The largest absolute Gasteiger partial charge is 0.373 e. The Kier molecular flexibility index (Phi) is 4.32. The zero-order valence-corrected chi connectivity index (χ0v) is 15.5. The fourth-order valence-corrected chi connectivity index (χ4v) is 5.22. The van der Waals surface area contributed by atoms with Crippen molar-refractivity contribution in [2.45, 2.75) is 4.90 Å². The van der Waals surface area contributed by atoms with Crippen LogP contribution in [0.15, 0.2) is 40.7 Å². The van der Waals surface area contributed by atoms with E-state index < -0.39 is 20.8 Å². The molecule has 1 aliphatic heterocycles. The first kappa shape index (κ1) is 17.8. The van der Waals surface area contributed by atoms with Crippen LogP contribution < -0.4 is 4.90 Å². The van der Waals surface area contributed by atoms with Crippen molar-refractivity contribution in [3.8, 4) is 0 Å². The van der Waals surface area contributed by atoms with Gasteiger partial charge in [0.15, 0.2) is 0 Å². The molecule has 1 fully saturated rings. The SMILES string of the molecule is O=[N+]([O-])c1c(N2CCN(S(=O)(=O)c3cccc(F)c3)CC2)nc2sccn12. The van der Waals surface area contributed by atoms with Gasteiger partial charge in [-0.15, -0.1) is 0 Å². The van der Waals surface area contributed by atoms with Gasteiger partial charge in [-0.2, -0.15) is 13.7 Å². The third kappa shape index (κ3) is 3.05. The Balaban J connectivity index is 1.57. The number of sulfonamides is 1. The van der Waals surface area contributed by atoms with E-state index in [-0.39, 0.29) is 42.7 Å². The maximum absolute atomic E-state index is 13.4. The lowest BCUT2D eigenvalue weighted by Crippen LogP contribution is -2.49. The van der Waals surface area contributed by atoms with E-state index in [9.17, 15) is 22.9 Å². The quantitative estimate of drug-likeness (QED) is 0.480. The Morgan fingerprint density at radius 2 is 1.96 bits per heavy atom. The Labute approximate surface area is 157 Å². The molecule has 0 spiro atoms. The standard InChI is InChI=1S/C15H14FN5O4S2/c16-11-2-1-3-12(10-11)27(24,25)19-6-4-18(5-7-19)13-14(21(22)23)20-8-9-26-15(20)17-13/h1-3,8-10H,4-7H2. The first-order valence-corrected chi connectivity index (χ1v) is 10.3. The molecule has 0 aliphatic carbocycles. The fourth-order valence-electron chi connectivity index (χ4n) is 3.06. The van der Waals surface area contributed by atoms with Crippen molar-refractivity contribution in [2.24, 2.45) is 0 Å². The second-order valence-corrected chi connectivity index (χ2v) is 8.73. The van der Waals surface area contributed by atoms with Gasteiger partial charge in [-0.25, -0.2) is 12.8 Å². The monoisotopic (exact) mass is 411 g/mol. The molecule has 142 valence electrons. The zero-order chi connectivity index (χ0) is 19.2. The predicted octanol–water partition coefficient (Wildman–Crippen LogP) is 1.95. The molecule has 1 aliphatic rings. The lowest BCUT2D eigenvalue weighted by molar-refractivity contribution is -0.389. The number of anilines is 1. The van der Waals surface area contributed by atoms with E-state index >= 15 is 0 Å². The van der Waals surface area contributed by atoms with Crippen molar-refractivity contribution in [1.82, 2.24) is 13.7 Å². The molecule has 0 amide bonds. The number of benzene rings is 1. The van der Waals surface area contributed by atoms with Crippen LogP contribution in [0.4, 0.5) is 16.0 Å². The van der Waals surface area contributed by atoms with Gasteiger partial charge in [0.25, 0.3) is 4.96 Å². The highest BCUT2D eigenvalue weighted by Crippen LogP contribution is 2.32. The summed E-state index contributed by atoms with van der Waals surface area (Å²) in [6.07, 6.45) is 1.58. The first-order chi connectivity index (χ1) is 12.9. The van der Waals surface area contributed by atoms with Gasteiger partial charge >= 0.3 is 5.82 Å². The summed E-state index contributed by atoms with van der Waals surface area (Å²) >= 11 is 1.29. The van der Waals surface area contributed by atoms with Crippen molar-refractivity contribution >= 4 is 38.0 Å². The maximum atomic E-state index is 13.4. The molecule has 0 atom stereocenters. The van der Waals surface area contributed by atoms with E-state index in [0.29, 0.717) is 4.96 Å². The second kappa shape index (κ2) is 6.55. The van der Waals surface area contributed by atoms with Gasteiger partial charge in [-0.3, -0.25) is 0 Å². The molecular weight excluding hydrogens is 397 g/mol. The Morgan fingerprint density at radius 3 is 2.63 bits per heavy atom. The predicted molar refractivity (Wildman–Crippen MR) is 97.1 cm³/mol.